The molecule has 2 saturated heterocycles. The SMILES string of the molecule is COc1ccc(N2CC(NC(=O)N3CCCC(C)C3)CC2=O)cc1. The van der Waals surface area contributed by atoms with Gasteiger partial charge in [-0.05, 0) is 43.0 Å². The normalized spacial score (nSPS) is 24.2. The van der Waals surface area contributed by atoms with Crippen LogP contribution in [0.25, 0.3) is 0 Å². The number of nitrogens with one attached hydrogen (secondary N) is 1. The van der Waals surface area contributed by atoms with Crippen LogP contribution in [0.5, 0.6) is 5.75 Å². The van der Waals surface area contributed by atoms with Gasteiger partial charge in [0.05, 0.1) is 13.2 Å². The van der Waals surface area contributed by atoms with Crippen molar-refractivity contribution in [2.75, 3.05) is 31.6 Å². The molecule has 3 amide bonds. The summed E-state index contributed by atoms with van der Waals surface area (Å²) >= 11 is 0. The Morgan fingerprint density at radius 3 is 2.67 bits per heavy atom. The third-order valence-electron chi connectivity index (χ3n) is 4.78. The Balaban J connectivity index is 1.58. The third kappa shape index (κ3) is 3.63. The van der Waals surface area contributed by atoms with E-state index in [4.69, 9.17) is 4.74 Å². The highest BCUT2D eigenvalue weighted by Gasteiger charge is 2.33. The van der Waals surface area contributed by atoms with Crippen molar-refractivity contribution in [3.05, 3.63) is 24.3 Å². The number of nitrogens with zero attached hydrogens (tertiary/aromatic N) is 2. The Bertz CT molecular complexity index is 602. The van der Waals surface area contributed by atoms with Crippen LogP contribution in [-0.2, 0) is 4.79 Å². The molecular weight excluding hydrogens is 306 g/mol. The van der Waals surface area contributed by atoms with Crippen molar-refractivity contribution in [3.8, 4) is 5.75 Å². The molecule has 3 rings (SSSR count). The van der Waals surface area contributed by atoms with E-state index in [1.54, 1.807) is 12.0 Å². The average Bonchev–Trinajstić information content (AvgIpc) is 2.95. The second kappa shape index (κ2) is 7.11. The molecule has 2 aliphatic heterocycles. The van der Waals surface area contributed by atoms with E-state index in [9.17, 15) is 9.59 Å². The third-order valence-corrected chi connectivity index (χ3v) is 4.78. The maximum Gasteiger partial charge on any atom is 0.317 e. The zero-order chi connectivity index (χ0) is 17.1. The summed E-state index contributed by atoms with van der Waals surface area (Å²) in [6.45, 7) is 4.29. The van der Waals surface area contributed by atoms with E-state index in [-0.39, 0.29) is 18.0 Å². The largest absolute Gasteiger partial charge is 0.497 e. The Kier molecular flexibility index (Phi) is 4.92. The molecular formula is C18H25N3O3. The molecule has 0 spiro atoms. The van der Waals surface area contributed by atoms with Crippen molar-refractivity contribution in [2.45, 2.75) is 32.2 Å². The number of amides is 3. The summed E-state index contributed by atoms with van der Waals surface area (Å²) in [5, 5.41) is 3.02. The second-order valence-corrected chi connectivity index (χ2v) is 6.75. The van der Waals surface area contributed by atoms with Gasteiger partial charge in [0.25, 0.3) is 0 Å². The lowest BCUT2D eigenvalue weighted by atomic mass is 10.0. The van der Waals surface area contributed by atoms with E-state index in [2.05, 4.69) is 12.2 Å². The first kappa shape index (κ1) is 16.6. The van der Waals surface area contributed by atoms with Gasteiger partial charge in [-0.3, -0.25) is 4.79 Å². The van der Waals surface area contributed by atoms with Crippen LogP contribution >= 0.6 is 0 Å². The van der Waals surface area contributed by atoms with Gasteiger partial charge >= 0.3 is 6.03 Å². The minimum Gasteiger partial charge on any atom is -0.497 e. The Morgan fingerprint density at radius 1 is 1.25 bits per heavy atom. The standard InChI is InChI=1S/C18H25N3O3/c1-13-4-3-9-20(11-13)18(23)19-14-10-17(22)21(12-14)15-5-7-16(24-2)8-6-15/h5-8,13-14H,3-4,9-12H2,1-2H3,(H,19,23). The quantitative estimate of drug-likeness (QED) is 0.924. The molecule has 1 N–H and O–H groups in total. The van der Waals surface area contributed by atoms with Gasteiger partial charge in [0.1, 0.15) is 5.75 Å². The summed E-state index contributed by atoms with van der Waals surface area (Å²) in [4.78, 5) is 28.3. The zero-order valence-corrected chi connectivity index (χ0v) is 14.3. The van der Waals surface area contributed by atoms with Crippen molar-refractivity contribution in [2.24, 2.45) is 5.92 Å². The van der Waals surface area contributed by atoms with Crippen molar-refractivity contribution >= 4 is 17.6 Å². The predicted octanol–water partition coefficient (Wildman–Crippen LogP) is 2.24. The molecule has 6 nitrogen and oxygen atoms in total. The van der Waals surface area contributed by atoms with Crippen LogP contribution in [0.4, 0.5) is 10.5 Å². The van der Waals surface area contributed by atoms with Crippen LogP contribution in [0.15, 0.2) is 24.3 Å². The highest BCUT2D eigenvalue weighted by molar-refractivity contribution is 5.96. The molecule has 0 radical (unpaired) electrons. The number of hydrogen-bond donors (Lipinski definition) is 1. The number of carbonyl (C=O) groups is 2. The lowest BCUT2D eigenvalue weighted by Crippen LogP contribution is -2.49. The van der Waals surface area contributed by atoms with Crippen molar-refractivity contribution in [1.82, 2.24) is 10.2 Å². The topological polar surface area (TPSA) is 61.9 Å². The molecule has 0 saturated carbocycles. The molecule has 2 atom stereocenters. The molecule has 2 heterocycles. The smallest absolute Gasteiger partial charge is 0.317 e. The van der Waals surface area contributed by atoms with Crippen LogP contribution in [0, 0.1) is 5.92 Å². The molecule has 130 valence electrons. The molecule has 2 fully saturated rings. The molecule has 6 heteroatoms. The summed E-state index contributed by atoms with van der Waals surface area (Å²) in [5.41, 5.74) is 0.837. The fraction of sp³-hybridized carbons (Fsp3) is 0.556. The molecule has 0 aromatic heterocycles. The summed E-state index contributed by atoms with van der Waals surface area (Å²) in [6, 6.07) is 7.23. The van der Waals surface area contributed by atoms with Gasteiger partial charge in [-0.15, -0.1) is 0 Å². The first-order valence-corrected chi connectivity index (χ1v) is 8.56. The Labute approximate surface area is 142 Å². The number of anilines is 1. The number of carbonyl (C=O) groups excluding carboxylic acids is 2. The summed E-state index contributed by atoms with van der Waals surface area (Å²) in [6.07, 6.45) is 2.58. The molecule has 2 unspecified atom stereocenters. The zero-order valence-electron chi connectivity index (χ0n) is 14.3. The highest BCUT2D eigenvalue weighted by atomic mass is 16.5. The average molecular weight is 331 g/mol. The molecule has 24 heavy (non-hydrogen) atoms. The highest BCUT2D eigenvalue weighted by Crippen LogP contribution is 2.24. The fourth-order valence-electron chi connectivity index (χ4n) is 3.46. The molecule has 0 aliphatic carbocycles. The van der Waals surface area contributed by atoms with Crippen LogP contribution in [0.2, 0.25) is 0 Å². The van der Waals surface area contributed by atoms with Gasteiger partial charge in [0.15, 0.2) is 0 Å². The maximum absolute atomic E-state index is 12.4. The van der Waals surface area contributed by atoms with E-state index in [0.717, 1.165) is 30.9 Å². The van der Waals surface area contributed by atoms with Gasteiger partial charge in [0, 0.05) is 31.7 Å². The summed E-state index contributed by atoms with van der Waals surface area (Å²) < 4.78 is 5.14. The lowest BCUT2D eigenvalue weighted by Gasteiger charge is -2.31. The minimum atomic E-state index is -0.135. The number of ether oxygens (including phenoxy) is 1. The Hall–Kier alpha value is -2.24. The first-order chi connectivity index (χ1) is 11.6. The van der Waals surface area contributed by atoms with Crippen LogP contribution in [0.3, 0.4) is 0 Å². The van der Waals surface area contributed by atoms with Crippen molar-refractivity contribution in [3.63, 3.8) is 0 Å². The number of rotatable bonds is 3. The second-order valence-electron chi connectivity index (χ2n) is 6.75. The number of benzene rings is 1. The van der Waals surface area contributed by atoms with E-state index < -0.39 is 0 Å². The molecule has 1 aromatic rings. The fourth-order valence-corrected chi connectivity index (χ4v) is 3.46. The first-order valence-electron chi connectivity index (χ1n) is 8.56. The van der Waals surface area contributed by atoms with Gasteiger partial charge in [0.2, 0.25) is 5.91 Å². The molecule has 1 aromatic carbocycles. The van der Waals surface area contributed by atoms with Crippen molar-refractivity contribution < 1.29 is 14.3 Å². The summed E-state index contributed by atoms with van der Waals surface area (Å²) in [5.74, 6) is 1.34. The predicted molar refractivity (Wildman–Crippen MR) is 92.3 cm³/mol. The van der Waals surface area contributed by atoms with Gasteiger partial charge < -0.3 is 19.9 Å². The number of likely N-dealkylation sites (tertiary alicyclic amines) is 1. The van der Waals surface area contributed by atoms with Crippen LogP contribution < -0.4 is 15.0 Å². The number of piperidine rings is 1. The molecule has 0 bridgehead atoms. The van der Waals surface area contributed by atoms with E-state index in [1.165, 1.54) is 6.42 Å². The van der Waals surface area contributed by atoms with Gasteiger partial charge in [-0.2, -0.15) is 0 Å². The Morgan fingerprint density at radius 2 is 2.00 bits per heavy atom. The number of hydrogen-bond acceptors (Lipinski definition) is 3. The van der Waals surface area contributed by atoms with Crippen molar-refractivity contribution in [1.29, 1.82) is 0 Å². The number of methoxy groups -OCH3 is 1. The monoisotopic (exact) mass is 331 g/mol. The van der Waals surface area contributed by atoms with Gasteiger partial charge in [-0.1, -0.05) is 6.92 Å². The number of urea groups is 1. The lowest BCUT2D eigenvalue weighted by molar-refractivity contribution is -0.117. The summed E-state index contributed by atoms with van der Waals surface area (Å²) in [7, 11) is 1.61. The minimum absolute atomic E-state index is 0.0393. The van der Waals surface area contributed by atoms with E-state index in [1.807, 2.05) is 29.2 Å². The van der Waals surface area contributed by atoms with E-state index >= 15 is 0 Å². The van der Waals surface area contributed by atoms with Crippen LogP contribution in [0.1, 0.15) is 26.2 Å². The molecule has 2 aliphatic rings. The van der Waals surface area contributed by atoms with E-state index in [0.29, 0.717) is 18.9 Å². The maximum atomic E-state index is 12.4. The van der Waals surface area contributed by atoms with Crippen LogP contribution in [-0.4, -0.2) is 49.6 Å². The van der Waals surface area contributed by atoms with Gasteiger partial charge in [-0.25, -0.2) is 4.79 Å².